The summed E-state index contributed by atoms with van der Waals surface area (Å²) < 4.78 is 5.59. The number of nitrogens with one attached hydrogen (secondary N) is 1. The van der Waals surface area contributed by atoms with E-state index in [2.05, 4.69) is 38.0 Å². The summed E-state index contributed by atoms with van der Waals surface area (Å²) in [4.78, 5) is 2.54. The minimum absolute atomic E-state index is 0.135. The summed E-state index contributed by atoms with van der Waals surface area (Å²) in [6, 6.07) is 0.566. The van der Waals surface area contributed by atoms with Crippen LogP contribution in [0.3, 0.4) is 0 Å². The summed E-state index contributed by atoms with van der Waals surface area (Å²) in [5.41, 5.74) is 0.317. The summed E-state index contributed by atoms with van der Waals surface area (Å²) in [7, 11) is 2.06. The zero-order valence-electron chi connectivity index (χ0n) is 13.1. The van der Waals surface area contributed by atoms with Crippen LogP contribution in [0.5, 0.6) is 0 Å². The minimum atomic E-state index is 0.135. The molecule has 1 aliphatic heterocycles. The number of hydrogen-bond donors (Lipinski definition) is 2. The maximum absolute atomic E-state index is 8.76. The molecule has 1 fully saturated rings. The maximum Gasteiger partial charge on any atom is 0.0701 e. The quantitative estimate of drug-likeness (QED) is 0.737. The van der Waals surface area contributed by atoms with Gasteiger partial charge in [-0.15, -0.1) is 0 Å². The van der Waals surface area contributed by atoms with Crippen LogP contribution in [0, 0.1) is 5.41 Å². The molecule has 0 radical (unpaired) electrons. The fourth-order valence-corrected chi connectivity index (χ4v) is 2.84. The number of aliphatic hydroxyl groups excluding tert-OH is 1. The third-order valence-corrected chi connectivity index (χ3v) is 4.11. The van der Waals surface area contributed by atoms with E-state index in [0.717, 1.165) is 32.5 Å². The smallest absolute Gasteiger partial charge is 0.0701 e. The average Bonchev–Trinajstić information content (AvgIpc) is 2.37. The highest BCUT2D eigenvalue weighted by molar-refractivity contribution is 4.81. The van der Waals surface area contributed by atoms with Gasteiger partial charge in [0.15, 0.2) is 0 Å². The van der Waals surface area contributed by atoms with E-state index in [4.69, 9.17) is 9.84 Å². The molecule has 1 rings (SSSR count). The van der Waals surface area contributed by atoms with E-state index < -0.39 is 0 Å². The molecule has 4 heteroatoms. The average molecular weight is 272 g/mol. The van der Waals surface area contributed by atoms with Gasteiger partial charge in [-0.05, 0) is 38.3 Å². The lowest BCUT2D eigenvalue weighted by Gasteiger charge is -2.35. The second-order valence-corrected chi connectivity index (χ2v) is 6.63. The number of ether oxygens (including phenoxy) is 1. The van der Waals surface area contributed by atoms with Crippen molar-refractivity contribution in [1.82, 2.24) is 10.2 Å². The molecular weight excluding hydrogens is 240 g/mol. The molecule has 1 saturated heterocycles. The highest BCUT2D eigenvalue weighted by Crippen LogP contribution is 2.22. The summed E-state index contributed by atoms with van der Waals surface area (Å²) in [5.74, 6) is 0. The van der Waals surface area contributed by atoms with Crippen molar-refractivity contribution in [2.75, 3.05) is 39.9 Å². The molecule has 4 nitrogen and oxygen atoms in total. The first kappa shape index (κ1) is 16.9. The maximum atomic E-state index is 8.76. The lowest BCUT2D eigenvalue weighted by molar-refractivity contribution is -0.00861. The van der Waals surface area contributed by atoms with Crippen LogP contribution in [0.1, 0.15) is 40.0 Å². The van der Waals surface area contributed by atoms with Crippen molar-refractivity contribution >= 4 is 0 Å². The number of aliphatic hydroxyl groups is 1. The first-order valence-electron chi connectivity index (χ1n) is 7.59. The Morgan fingerprint density at radius 2 is 1.95 bits per heavy atom. The molecule has 0 aromatic heterocycles. The Hall–Kier alpha value is -0.160. The van der Waals surface area contributed by atoms with Crippen LogP contribution >= 0.6 is 0 Å². The van der Waals surface area contributed by atoms with Gasteiger partial charge in [0.1, 0.15) is 0 Å². The first-order valence-corrected chi connectivity index (χ1v) is 7.59. The molecule has 1 atom stereocenters. The Bertz CT molecular complexity index is 233. The van der Waals surface area contributed by atoms with Gasteiger partial charge in [-0.3, -0.25) is 0 Å². The molecular formula is C15H32N2O2. The summed E-state index contributed by atoms with van der Waals surface area (Å²) >= 11 is 0. The molecule has 0 bridgehead atoms. The van der Waals surface area contributed by atoms with Crippen LogP contribution in [0.25, 0.3) is 0 Å². The van der Waals surface area contributed by atoms with Crippen molar-refractivity contribution in [3.05, 3.63) is 0 Å². The van der Waals surface area contributed by atoms with E-state index in [1.54, 1.807) is 0 Å². The van der Waals surface area contributed by atoms with Gasteiger partial charge in [0, 0.05) is 19.1 Å². The van der Waals surface area contributed by atoms with E-state index in [-0.39, 0.29) is 6.61 Å². The van der Waals surface area contributed by atoms with Gasteiger partial charge in [0.2, 0.25) is 0 Å². The summed E-state index contributed by atoms with van der Waals surface area (Å²) in [5, 5.41) is 12.2. The second-order valence-electron chi connectivity index (χ2n) is 6.63. The van der Waals surface area contributed by atoms with E-state index in [0.29, 0.717) is 24.2 Å². The lowest BCUT2D eigenvalue weighted by atomic mass is 9.84. The third kappa shape index (κ3) is 6.21. The van der Waals surface area contributed by atoms with Crippen molar-refractivity contribution in [2.24, 2.45) is 5.41 Å². The number of likely N-dealkylation sites (tertiary alicyclic amines) is 1. The second kappa shape index (κ2) is 8.20. The molecule has 1 aliphatic rings. The van der Waals surface area contributed by atoms with Crippen molar-refractivity contribution < 1.29 is 9.84 Å². The molecule has 0 aliphatic carbocycles. The first-order chi connectivity index (χ1) is 8.97. The van der Waals surface area contributed by atoms with Gasteiger partial charge in [-0.2, -0.15) is 0 Å². The van der Waals surface area contributed by atoms with Crippen LogP contribution in [0.4, 0.5) is 0 Å². The Morgan fingerprint density at radius 1 is 1.32 bits per heavy atom. The topological polar surface area (TPSA) is 44.7 Å². The Labute approximate surface area is 118 Å². The Kier molecular flexibility index (Phi) is 7.29. The van der Waals surface area contributed by atoms with Crippen molar-refractivity contribution in [2.45, 2.75) is 52.2 Å². The van der Waals surface area contributed by atoms with Gasteiger partial charge in [-0.25, -0.2) is 0 Å². The van der Waals surface area contributed by atoms with Crippen LogP contribution in [0.2, 0.25) is 0 Å². The van der Waals surface area contributed by atoms with Crippen LogP contribution in [0.15, 0.2) is 0 Å². The predicted octanol–water partition coefficient (Wildman–Crippen LogP) is 1.48. The number of rotatable bonds is 7. The van der Waals surface area contributed by atoms with Gasteiger partial charge < -0.3 is 20.1 Å². The van der Waals surface area contributed by atoms with E-state index in [1.807, 2.05) is 0 Å². The summed E-state index contributed by atoms with van der Waals surface area (Å²) in [6.07, 6.45) is 3.74. The third-order valence-electron chi connectivity index (χ3n) is 4.11. The largest absolute Gasteiger partial charge is 0.394 e. The molecule has 0 amide bonds. The fraction of sp³-hybridized carbons (Fsp3) is 1.00. The number of nitrogens with zero attached hydrogens (tertiary/aromatic N) is 1. The molecule has 2 N–H and O–H groups in total. The monoisotopic (exact) mass is 272 g/mol. The normalized spacial score (nSPS) is 20.7. The van der Waals surface area contributed by atoms with E-state index in [1.165, 1.54) is 6.42 Å². The SMILES string of the molecule is CNC(CCN1CCC(OCCO)CC1)C(C)(C)C. The molecule has 0 saturated carbocycles. The number of hydrogen-bond acceptors (Lipinski definition) is 4. The highest BCUT2D eigenvalue weighted by Gasteiger charge is 2.25. The highest BCUT2D eigenvalue weighted by atomic mass is 16.5. The standard InChI is InChI=1S/C15H32N2O2/c1-15(2,3)14(16-4)7-10-17-8-5-13(6-9-17)19-12-11-18/h13-14,16,18H,5-12H2,1-4H3. The van der Waals surface area contributed by atoms with Crippen molar-refractivity contribution in [3.63, 3.8) is 0 Å². The van der Waals surface area contributed by atoms with Crippen LogP contribution in [-0.4, -0.2) is 62.0 Å². The molecule has 114 valence electrons. The van der Waals surface area contributed by atoms with Gasteiger partial charge in [-0.1, -0.05) is 20.8 Å². The fourth-order valence-electron chi connectivity index (χ4n) is 2.84. The van der Waals surface area contributed by atoms with E-state index >= 15 is 0 Å². The van der Waals surface area contributed by atoms with Gasteiger partial charge >= 0.3 is 0 Å². The van der Waals surface area contributed by atoms with Crippen LogP contribution < -0.4 is 5.32 Å². The zero-order chi connectivity index (χ0) is 14.3. The number of piperidine rings is 1. The zero-order valence-corrected chi connectivity index (χ0v) is 13.1. The van der Waals surface area contributed by atoms with Crippen molar-refractivity contribution in [3.8, 4) is 0 Å². The predicted molar refractivity (Wildman–Crippen MR) is 79.4 cm³/mol. The van der Waals surface area contributed by atoms with E-state index in [9.17, 15) is 0 Å². The minimum Gasteiger partial charge on any atom is -0.394 e. The molecule has 1 heterocycles. The Morgan fingerprint density at radius 3 is 2.42 bits per heavy atom. The van der Waals surface area contributed by atoms with Crippen LogP contribution in [-0.2, 0) is 4.74 Å². The molecule has 0 aromatic carbocycles. The lowest BCUT2D eigenvalue weighted by Crippen LogP contribution is -2.43. The molecule has 0 spiro atoms. The molecule has 19 heavy (non-hydrogen) atoms. The molecule has 0 aromatic rings. The summed E-state index contributed by atoms with van der Waals surface area (Å²) in [6.45, 7) is 10.9. The van der Waals surface area contributed by atoms with Gasteiger partial charge in [0.05, 0.1) is 19.3 Å². The Balaban J connectivity index is 2.22. The van der Waals surface area contributed by atoms with Gasteiger partial charge in [0.25, 0.3) is 0 Å². The molecule has 1 unspecified atom stereocenters. The van der Waals surface area contributed by atoms with Crippen molar-refractivity contribution in [1.29, 1.82) is 0 Å².